The van der Waals surface area contributed by atoms with Crippen molar-refractivity contribution < 1.29 is 14.3 Å². The molecule has 0 heterocycles. The van der Waals surface area contributed by atoms with Gasteiger partial charge in [-0.15, -0.1) is 12.4 Å². The number of hydrogen-bond acceptors (Lipinski definition) is 4. The van der Waals surface area contributed by atoms with E-state index in [-0.39, 0.29) is 42.7 Å². The number of hydrogen-bond donors (Lipinski definition) is 3. The molecule has 0 bridgehead atoms. The van der Waals surface area contributed by atoms with Gasteiger partial charge < -0.3 is 21.1 Å². The van der Waals surface area contributed by atoms with Crippen LogP contribution in [0.3, 0.4) is 0 Å². The van der Waals surface area contributed by atoms with E-state index in [1.807, 2.05) is 19.1 Å². The van der Waals surface area contributed by atoms with Crippen LogP contribution in [0.1, 0.15) is 24.8 Å². The van der Waals surface area contributed by atoms with Gasteiger partial charge in [-0.25, -0.2) is 0 Å². The second kappa shape index (κ2) is 8.86. The summed E-state index contributed by atoms with van der Waals surface area (Å²) in [4.78, 5) is 23.8. The molecule has 1 saturated carbocycles. The molecule has 0 spiro atoms. The van der Waals surface area contributed by atoms with Gasteiger partial charge in [0.05, 0.1) is 12.5 Å². The molecule has 6 nitrogen and oxygen atoms in total. The van der Waals surface area contributed by atoms with Crippen LogP contribution in [0.15, 0.2) is 18.2 Å². The maximum absolute atomic E-state index is 12.0. The lowest BCUT2D eigenvalue weighted by molar-refractivity contribution is -0.118. The lowest BCUT2D eigenvalue weighted by Gasteiger charge is -2.14. The van der Waals surface area contributed by atoms with E-state index in [4.69, 9.17) is 10.5 Å². The van der Waals surface area contributed by atoms with Crippen LogP contribution in [0.25, 0.3) is 0 Å². The second-order valence-electron chi connectivity index (χ2n) is 5.64. The number of anilines is 2. The average molecular weight is 342 g/mol. The summed E-state index contributed by atoms with van der Waals surface area (Å²) >= 11 is 0. The SMILES string of the molecule is COC(CN)CC(=O)Nc1cc(NC(=O)C2CC2)ccc1C.Cl. The fraction of sp³-hybridized carbons (Fsp3) is 0.500. The molecule has 0 aliphatic heterocycles. The summed E-state index contributed by atoms with van der Waals surface area (Å²) in [6.07, 6.45) is 1.82. The average Bonchev–Trinajstić information content (AvgIpc) is 3.33. The van der Waals surface area contributed by atoms with Crippen LogP contribution < -0.4 is 16.4 Å². The Balaban J connectivity index is 0.00000264. The molecule has 1 aromatic rings. The molecule has 1 aliphatic carbocycles. The number of carbonyl (C=O) groups excluding carboxylic acids is 2. The molecule has 1 aromatic carbocycles. The Labute approximate surface area is 142 Å². The van der Waals surface area contributed by atoms with Gasteiger partial charge in [0.15, 0.2) is 0 Å². The van der Waals surface area contributed by atoms with Crippen molar-refractivity contribution in [1.82, 2.24) is 0 Å². The van der Waals surface area contributed by atoms with E-state index in [2.05, 4.69) is 10.6 Å². The van der Waals surface area contributed by atoms with Gasteiger partial charge in [0, 0.05) is 30.9 Å². The third-order valence-corrected chi connectivity index (χ3v) is 3.74. The first kappa shape index (κ1) is 19.4. The maximum Gasteiger partial charge on any atom is 0.227 e. The highest BCUT2D eigenvalue weighted by molar-refractivity contribution is 5.96. The first-order chi connectivity index (χ1) is 10.5. The Hall–Kier alpha value is -1.63. The lowest BCUT2D eigenvalue weighted by Crippen LogP contribution is -2.28. The number of nitrogens with two attached hydrogens (primary N) is 1. The van der Waals surface area contributed by atoms with Crippen LogP contribution in [0, 0.1) is 12.8 Å². The zero-order valence-corrected chi connectivity index (χ0v) is 14.2. The third kappa shape index (κ3) is 5.82. The van der Waals surface area contributed by atoms with Crippen molar-refractivity contribution in [2.24, 2.45) is 11.7 Å². The topological polar surface area (TPSA) is 93.4 Å². The lowest BCUT2D eigenvalue weighted by atomic mass is 10.1. The molecule has 0 saturated heterocycles. The van der Waals surface area contributed by atoms with Crippen LogP contribution in [0.2, 0.25) is 0 Å². The number of nitrogens with one attached hydrogen (secondary N) is 2. The summed E-state index contributed by atoms with van der Waals surface area (Å²) in [5.41, 5.74) is 7.83. The molecule has 4 N–H and O–H groups in total. The van der Waals surface area contributed by atoms with E-state index in [9.17, 15) is 9.59 Å². The van der Waals surface area contributed by atoms with Gasteiger partial charge in [0.2, 0.25) is 11.8 Å². The predicted octanol–water partition coefficient (Wildman–Crippen LogP) is 2.07. The molecule has 1 unspecified atom stereocenters. The minimum Gasteiger partial charge on any atom is -0.380 e. The molecule has 1 atom stereocenters. The standard InChI is InChI=1S/C16H23N3O3.ClH/c1-10-3-6-12(18-16(21)11-4-5-11)7-14(10)19-15(20)8-13(9-17)22-2;/h3,6-7,11,13H,4-5,8-9,17H2,1-2H3,(H,18,21)(H,19,20);1H. The van der Waals surface area contributed by atoms with Gasteiger partial charge in [0.25, 0.3) is 0 Å². The van der Waals surface area contributed by atoms with Crippen LogP contribution >= 0.6 is 12.4 Å². The molecule has 128 valence electrons. The molecule has 2 rings (SSSR count). The molecular formula is C16H24ClN3O3. The molecule has 0 radical (unpaired) electrons. The summed E-state index contributed by atoms with van der Waals surface area (Å²) in [5.74, 6) is 0.0288. The van der Waals surface area contributed by atoms with Gasteiger partial charge in [-0.05, 0) is 37.5 Å². The molecular weight excluding hydrogens is 318 g/mol. The number of ether oxygens (including phenoxy) is 1. The minimum atomic E-state index is -0.293. The summed E-state index contributed by atoms with van der Waals surface area (Å²) in [7, 11) is 1.53. The number of benzene rings is 1. The Morgan fingerprint density at radius 1 is 1.35 bits per heavy atom. The number of amides is 2. The first-order valence-corrected chi connectivity index (χ1v) is 7.47. The maximum atomic E-state index is 12.0. The number of aryl methyl sites for hydroxylation is 1. The van der Waals surface area contributed by atoms with E-state index in [1.54, 1.807) is 6.07 Å². The van der Waals surface area contributed by atoms with Crippen molar-refractivity contribution in [2.45, 2.75) is 32.3 Å². The van der Waals surface area contributed by atoms with Crippen molar-refractivity contribution in [1.29, 1.82) is 0 Å². The quantitative estimate of drug-likeness (QED) is 0.707. The molecule has 1 aliphatic rings. The highest BCUT2D eigenvalue weighted by atomic mass is 35.5. The fourth-order valence-electron chi connectivity index (χ4n) is 2.10. The normalized spacial score (nSPS) is 14.6. The highest BCUT2D eigenvalue weighted by Crippen LogP contribution is 2.30. The van der Waals surface area contributed by atoms with Gasteiger partial charge in [-0.1, -0.05) is 6.07 Å². The van der Waals surface area contributed by atoms with Crippen molar-refractivity contribution >= 4 is 35.6 Å². The molecule has 0 aromatic heterocycles. The van der Waals surface area contributed by atoms with Crippen molar-refractivity contribution in [3.05, 3.63) is 23.8 Å². The van der Waals surface area contributed by atoms with E-state index in [1.165, 1.54) is 7.11 Å². The zero-order valence-electron chi connectivity index (χ0n) is 13.4. The Kier molecular flexibility index (Phi) is 7.48. The van der Waals surface area contributed by atoms with Gasteiger partial charge in [0.1, 0.15) is 0 Å². The summed E-state index contributed by atoms with van der Waals surface area (Å²) < 4.78 is 5.10. The summed E-state index contributed by atoms with van der Waals surface area (Å²) in [5, 5.41) is 5.71. The molecule has 23 heavy (non-hydrogen) atoms. The van der Waals surface area contributed by atoms with Gasteiger partial charge in [-0.3, -0.25) is 9.59 Å². The minimum absolute atomic E-state index is 0. The summed E-state index contributed by atoms with van der Waals surface area (Å²) in [6, 6.07) is 5.48. The van der Waals surface area contributed by atoms with E-state index in [0.29, 0.717) is 17.9 Å². The molecule has 7 heteroatoms. The third-order valence-electron chi connectivity index (χ3n) is 3.74. The molecule has 2 amide bonds. The van der Waals surface area contributed by atoms with Crippen LogP contribution in [-0.4, -0.2) is 31.6 Å². The molecule has 1 fully saturated rings. The Morgan fingerprint density at radius 2 is 2.04 bits per heavy atom. The van der Waals surface area contributed by atoms with Gasteiger partial charge >= 0.3 is 0 Å². The number of halogens is 1. The first-order valence-electron chi connectivity index (χ1n) is 7.47. The van der Waals surface area contributed by atoms with Crippen LogP contribution in [0.4, 0.5) is 11.4 Å². The predicted molar refractivity (Wildman–Crippen MR) is 92.9 cm³/mol. The van der Waals surface area contributed by atoms with E-state index < -0.39 is 0 Å². The second-order valence-corrected chi connectivity index (χ2v) is 5.64. The number of rotatable bonds is 7. The zero-order chi connectivity index (χ0) is 16.1. The summed E-state index contributed by atoms with van der Waals surface area (Å²) in [6.45, 7) is 2.19. The van der Waals surface area contributed by atoms with Crippen molar-refractivity contribution in [2.75, 3.05) is 24.3 Å². The monoisotopic (exact) mass is 341 g/mol. The van der Waals surface area contributed by atoms with E-state index >= 15 is 0 Å². The number of carbonyl (C=O) groups is 2. The van der Waals surface area contributed by atoms with E-state index in [0.717, 1.165) is 18.4 Å². The fourth-order valence-corrected chi connectivity index (χ4v) is 2.10. The van der Waals surface area contributed by atoms with Crippen molar-refractivity contribution in [3.63, 3.8) is 0 Å². The van der Waals surface area contributed by atoms with Gasteiger partial charge in [-0.2, -0.15) is 0 Å². The Bertz CT molecular complexity index is 558. The highest BCUT2D eigenvalue weighted by Gasteiger charge is 2.29. The Morgan fingerprint density at radius 3 is 2.61 bits per heavy atom. The largest absolute Gasteiger partial charge is 0.380 e. The van der Waals surface area contributed by atoms with Crippen LogP contribution in [-0.2, 0) is 14.3 Å². The smallest absolute Gasteiger partial charge is 0.227 e. The number of methoxy groups -OCH3 is 1. The van der Waals surface area contributed by atoms with Crippen LogP contribution in [0.5, 0.6) is 0 Å². The van der Waals surface area contributed by atoms with Crippen molar-refractivity contribution in [3.8, 4) is 0 Å².